The second-order valence-electron chi connectivity index (χ2n) is 16.2. The predicted molar refractivity (Wildman–Crippen MR) is 155 cm³/mol. The Bertz CT molecular complexity index is 1110. The number of allylic oxidation sites excluding steroid dienone is 2. The number of carbonyl (C=O) groups is 2. The SMILES string of the molecule is C#CCCC(=O)O[C@H]1CC[C@]2(C)[C@H]3CC=C4[C@@H]5CC(C)(C)CC[C@]5(C(=O)O)CC[C@@]4(C)[C@]3(C)CC[C@H]2C1(C)C. The first kappa shape index (κ1) is 28.8. The van der Waals surface area contributed by atoms with Crippen LogP contribution in [0, 0.1) is 62.6 Å². The van der Waals surface area contributed by atoms with Gasteiger partial charge in [0.1, 0.15) is 6.10 Å². The van der Waals surface area contributed by atoms with Gasteiger partial charge in [-0.15, -0.1) is 12.3 Å². The van der Waals surface area contributed by atoms with Crippen LogP contribution in [-0.2, 0) is 14.3 Å². The standard InChI is InChI=1S/C35H52O4/c1-9-10-11-28(36)39-27-15-16-32(6)25(31(27,4)5)14-17-34(8)26(32)13-12-23-24-22-30(2,3)18-20-35(24,29(37)38)21-19-33(23,34)7/h1,12,24-27H,10-11,13-22H2,2-8H3,(H,37,38)/t24-,25-,26+,27-,32-,33+,34+,35-/m0/s1. The maximum atomic E-state index is 12.9. The van der Waals surface area contributed by atoms with E-state index in [9.17, 15) is 14.7 Å². The van der Waals surface area contributed by atoms with Gasteiger partial charge in [-0.2, -0.15) is 0 Å². The Morgan fingerprint density at radius 1 is 0.974 bits per heavy atom. The van der Waals surface area contributed by atoms with E-state index in [1.807, 2.05) is 0 Å². The number of carboxylic acid groups (broad SMARTS) is 1. The van der Waals surface area contributed by atoms with E-state index in [-0.39, 0.29) is 45.1 Å². The highest BCUT2D eigenvalue weighted by molar-refractivity contribution is 5.76. The fraction of sp³-hybridized carbons (Fsp3) is 0.829. The van der Waals surface area contributed by atoms with Crippen LogP contribution in [0.3, 0.4) is 0 Å². The van der Waals surface area contributed by atoms with E-state index in [1.165, 1.54) is 5.57 Å². The number of ether oxygens (including phenoxy) is 1. The molecule has 4 saturated carbocycles. The van der Waals surface area contributed by atoms with Gasteiger partial charge in [0, 0.05) is 11.8 Å². The van der Waals surface area contributed by atoms with Crippen molar-refractivity contribution in [2.45, 2.75) is 132 Å². The van der Waals surface area contributed by atoms with Crippen molar-refractivity contribution in [2.75, 3.05) is 0 Å². The van der Waals surface area contributed by atoms with Gasteiger partial charge in [0.15, 0.2) is 0 Å². The molecule has 39 heavy (non-hydrogen) atoms. The van der Waals surface area contributed by atoms with Gasteiger partial charge >= 0.3 is 11.9 Å². The third kappa shape index (κ3) is 3.99. The Hall–Kier alpha value is -1.76. The van der Waals surface area contributed by atoms with Crippen LogP contribution in [0.15, 0.2) is 11.6 Å². The van der Waals surface area contributed by atoms with E-state index in [0.29, 0.717) is 24.7 Å². The summed E-state index contributed by atoms with van der Waals surface area (Å²) in [7, 11) is 0. The van der Waals surface area contributed by atoms with E-state index in [4.69, 9.17) is 11.2 Å². The zero-order valence-electron chi connectivity index (χ0n) is 25.6. The largest absolute Gasteiger partial charge is 0.481 e. The maximum Gasteiger partial charge on any atom is 0.310 e. The van der Waals surface area contributed by atoms with Gasteiger partial charge in [0.25, 0.3) is 0 Å². The smallest absolute Gasteiger partial charge is 0.310 e. The van der Waals surface area contributed by atoms with E-state index in [2.05, 4.69) is 60.5 Å². The molecule has 1 N–H and O–H groups in total. The van der Waals surface area contributed by atoms with Crippen molar-refractivity contribution in [3.63, 3.8) is 0 Å². The summed E-state index contributed by atoms with van der Waals surface area (Å²) in [5.74, 6) is 3.01. The van der Waals surface area contributed by atoms with Crippen LogP contribution in [0.5, 0.6) is 0 Å². The zero-order valence-corrected chi connectivity index (χ0v) is 25.6. The van der Waals surface area contributed by atoms with Crippen LogP contribution in [-0.4, -0.2) is 23.1 Å². The Labute approximate surface area is 237 Å². The number of carbonyl (C=O) groups excluding carboxylic acids is 1. The molecule has 0 bridgehead atoms. The van der Waals surface area contributed by atoms with Crippen molar-refractivity contribution >= 4 is 11.9 Å². The number of esters is 1. The molecule has 0 heterocycles. The highest BCUT2D eigenvalue weighted by Crippen LogP contribution is 2.75. The number of carboxylic acids is 1. The molecule has 4 fully saturated rings. The van der Waals surface area contributed by atoms with Gasteiger partial charge in [-0.25, -0.2) is 0 Å². The van der Waals surface area contributed by atoms with Crippen molar-refractivity contribution in [3.05, 3.63) is 11.6 Å². The van der Waals surface area contributed by atoms with Gasteiger partial charge in [0.2, 0.25) is 0 Å². The summed E-state index contributed by atoms with van der Waals surface area (Å²) in [6.45, 7) is 16.9. The number of fused-ring (bicyclic) bond motifs is 7. The molecule has 5 rings (SSSR count). The molecular formula is C35H52O4. The molecule has 0 amide bonds. The van der Waals surface area contributed by atoms with Crippen LogP contribution < -0.4 is 0 Å². The molecule has 0 spiro atoms. The molecule has 0 aromatic rings. The minimum absolute atomic E-state index is 0.0314. The van der Waals surface area contributed by atoms with E-state index < -0.39 is 11.4 Å². The van der Waals surface area contributed by atoms with Crippen LogP contribution in [0.1, 0.15) is 126 Å². The van der Waals surface area contributed by atoms with Crippen LogP contribution in [0.4, 0.5) is 0 Å². The van der Waals surface area contributed by atoms with Gasteiger partial charge in [0.05, 0.1) is 11.8 Å². The fourth-order valence-electron chi connectivity index (χ4n) is 11.2. The van der Waals surface area contributed by atoms with Gasteiger partial charge in [-0.3, -0.25) is 9.59 Å². The number of aliphatic carboxylic acids is 1. The molecule has 0 unspecified atom stereocenters. The zero-order chi connectivity index (χ0) is 28.6. The third-order valence-electron chi connectivity index (χ3n) is 13.7. The molecule has 4 heteroatoms. The quantitative estimate of drug-likeness (QED) is 0.223. The van der Waals surface area contributed by atoms with Crippen LogP contribution in [0.25, 0.3) is 0 Å². The minimum atomic E-state index is -0.589. The van der Waals surface area contributed by atoms with Gasteiger partial charge in [-0.1, -0.05) is 60.1 Å². The summed E-state index contributed by atoms with van der Waals surface area (Å²) in [5.41, 5.74) is 1.32. The summed E-state index contributed by atoms with van der Waals surface area (Å²) in [5, 5.41) is 10.6. The molecule has 0 saturated heterocycles. The van der Waals surface area contributed by atoms with Crippen molar-refractivity contribution in [1.82, 2.24) is 0 Å². The van der Waals surface area contributed by atoms with E-state index in [1.54, 1.807) is 0 Å². The molecule has 8 atom stereocenters. The predicted octanol–water partition coefficient (Wildman–Crippen LogP) is 8.20. The number of hydrogen-bond acceptors (Lipinski definition) is 3. The first-order valence-electron chi connectivity index (χ1n) is 15.6. The molecule has 5 aliphatic carbocycles. The van der Waals surface area contributed by atoms with Crippen molar-refractivity contribution in [3.8, 4) is 12.3 Å². The Balaban J connectivity index is 1.48. The first-order valence-corrected chi connectivity index (χ1v) is 15.6. The normalized spacial score (nSPS) is 45.7. The number of rotatable bonds is 4. The Kier molecular flexibility index (Phi) is 6.73. The summed E-state index contributed by atoms with van der Waals surface area (Å²) in [6, 6.07) is 0. The molecule has 4 nitrogen and oxygen atoms in total. The lowest BCUT2D eigenvalue weighted by atomic mass is 9.33. The second kappa shape index (κ2) is 9.12. The van der Waals surface area contributed by atoms with E-state index >= 15 is 0 Å². The lowest BCUT2D eigenvalue weighted by molar-refractivity contribution is -0.213. The molecule has 0 radical (unpaired) electrons. The maximum absolute atomic E-state index is 12.9. The van der Waals surface area contributed by atoms with Gasteiger partial charge in [-0.05, 0) is 104 Å². The summed E-state index contributed by atoms with van der Waals surface area (Å²) in [6.07, 6.45) is 18.5. The minimum Gasteiger partial charge on any atom is -0.481 e. The molecule has 0 aromatic carbocycles. The van der Waals surface area contributed by atoms with Crippen molar-refractivity contribution in [2.24, 2.45) is 50.2 Å². The topological polar surface area (TPSA) is 63.6 Å². The molecular weight excluding hydrogens is 484 g/mol. The second-order valence-corrected chi connectivity index (χ2v) is 16.2. The molecule has 0 aromatic heterocycles. The number of hydrogen-bond donors (Lipinski definition) is 1. The molecule has 0 aliphatic heterocycles. The fourth-order valence-corrected chi connectivity index (χ4v) is 11.2. The summed E-state index contributed by atoms with van der Waals surface area (Å²) in [4.78, 5) is 25.4. The van der Waals surface area contributed by atoms with Crippen LogP contribution >= 0.6 is 0 Å². The average molecular weight is 537 g/mol. The Morgan fingerprint density at radius 2 is 1.67 bits per heavy atom. The molecule has 5 aliphatic rings. The Morgan fingerprint density at radius 3 is 2.33 bits per heavy atom. The lowest BCUT2D eigenvalue weighted by Gasteiger charge is -2.71. The first-order chi connectivity index (χ1) is 18.1. The van der Waals surface area contributed by atoms with E-state index in [0.717, 1.165) is 64.2 Å². The van der Waals surface area contributed by atoms with Crippen molar-refractivity contribution in [1.29, 1.82) is 0 Å². The monoisotopic (exact) mass is 536 g/mol. The third-order valence-corrected chi connectivity index (χ3v) is 13.7. The number of terminal acetylenes is 1. The lowest BCUT2D eigenvalue weighted by Crippen LogP contribution is -2.65. The average Bonchev–Trinajstić information content (AvgIpc) is 2.84. The summed E-state index contributed by atoms with van der Waals surface area (Å²) < 4.78 is 6.08. The molecule has 216 valence electrons. The van der Waals surface area contributed by atoms with Crippen LogP contribution in [0.2, 0.25) is 0 Å². The highest BCUT2D eigenvalue weighted by atomic mass is 16.5. The summed E-state index contributed by atoms with van der Waals surface area (Å²) >= 11 is 0. The van der Waals surface area contributed by atoms with Crippen molar-refractivity contribution < 1.29 is 19.4 Å². The highest BCUT2D eigenvalue weighted by Gasteiger charge is 2.69. The van der Waals surface area contributed by atoms with Gasteiger partial charge < -0.3 is 9.84 Å².